The number of carbonyl (C=O) groups excluding carboxylic acids is 2. The maximum Gasteiger partial charge on any atom is 0.286 e. The van der Waals surface area contributed by atoms with Crippen molar-refractivity contribution < 1.29 is 9.59 Å². The monoisotopic (exact) mass is 398 g/mol. The Morgan fingerprint density at radius 3 is 2.81 bits per heavy atom. The van der Waals surface area contributed by atoms with E-state index in [9.17, 15) is 9.59 Å². The number of hydrogen-bond donors (Lipinski definition) is 2. The molecule has 0 saturated carbocycles. The Hall–Kier alpha value is -2.77. The molecule has 0 spiro atoms. The van der Waals surface area contributed by atoms with Gasteiger partial charge in [0.25, 0.3) is 11.8 Å². The summed E-state index contributed by atoms with van der Waals surface area (Å²) in [7, 11) is 0. The van der Waals surface area contributed by atoms with Gasteiger partial charge in [-0.05, 0) is 42.8 Å². The molecule has 1 aliphatic rings. The zero-order valence-corrected chi connectivity index (χ0v) is 15.9. The Morgan fingerprint density at radius 1 is 1.26 bits per heavy atom. The van der Waals surface area contributed by atoms with Crippen molar-refractivity contribution in [3.8, 4) is 0 Å². The molecule has 0 aliphatic carbocycles. The van der Waals surface area contributed by atoms with Gasteiger partial charge in [0.15, 0.2) is 5.17 Å². The van der Waals surface area contributed by atoms with Gasteiger partial charge < -0.3 is 4.98 Å². The van der Waals surface area contributed by atoms with E-state index in [1.807, 2.05) is 43.3 Å². The van der Waals surface area contributed by atoms with E-state index < -0.39 is 5.91 Å². The lowest BCUT2D eigenvalue weighted by Crippen LogP contribution is -2.45. The smallest absolute Gasteiger partial charge is 0.286 e. The average molecular weight is 399 g/mol. The van der Waals surface area contributed by atoms with Crippen LogP contribution in [0.2, 0.25) is 5.02 Å². The Bertz CT molecular complexity index is 1080. The molecule has 2 N–H and O–H groups in total. The maximum atomic E-state index is 12.8. The number of thioether (sulfide) groups is 1. The standard InChI is InChI=1S/C19H15ClN4O2S/c1-11-14-9-12(20)7-8-15(14)22-17(11)18(26)23-24-16(25)10-27-19(24)21-13-5-3-2-4-6-13/h2-9,22H,10H2,1H3,(H,23,26). The van der Waals surface area contributed by atoms with Crippen LogP contribution in [0, 0.1) is 6.92 Å². The van der Waals surface area contributed by atoms with Gasteiger partial charge in [0.05, 0.1) is 11.4 Å². The van der Waals surface area contributed by atoms with Gasteiger partial charge in [0.2, 0.25) is 0 Å². The molecular weight excluding hydrogens is 384 g/mol. The van der Waals surface area contributed by atoms with Crippen LogP contribution in [-0.4, -0.2) is 32.7 Å². The Balaban J connectivity index is 1.62. The van der Waals surface area contributed by atoms with E-state index in [0.717, 1.165) is 16.5 Å². The molecule has 2 heterocycles. The molecule has 1 saturated heterocycles. The summed E-state index contributed by atoms with van der Waals surface area (Å²) in [5, 5.41) is 3.11. The fourth-order valence-corrected chi connectivity index (χ4v) is 3.85. The number of para-hydroxylation sites is 1. The molecule has 2 aromatic carbocycles. The van der Waals surface area contributed by atoms with E-state index in [0.29, 0.717) is 21.6 Å². The number of benzene rings is 2. The third-order valence-electron chi connectivity index (χ3n) is 4.21. The van der Waals surface area contributed by atoms with E-state index >= 15 is 0 Å². The first-order valence-electron chi connectivity index (χ1n) is 8.21. The molecule has 6 nitrogen and oxygen atoms in total. The Kier molecular flexibility index (Phi) is 4.63. The fourth-order valence-electron chi connectivity index (χ4n) is 2.85. The van der Waals surface area contributed by atoms with Crippen LogP contribution in [0.15, 0.2) is 53.5 Å². The molecule has 27 heavy (non-hydrogen) atoms. The first kappa shape index (κ1) is 17.6. The van der Waals surface area contributed by atoms with Crippen LogP contribution in [0.3, 0.4) is 0 Å². The van der Waals surface area contributed by atoms with E-state index in [4.69, 9.17) is 11.6 Å². The normalized spacial score (nSPS) is 15.7. The van der Waals surface area contributed by atoms with E-state index in [2.05, 4.69) is 15.4 Å². The summed E-state index contributed by atoms with van der Waals surface area (Å²) < 4.78 is 0. The van der Waals surface area contributed by atoms with Gasteiger partial charge in [-0.15, -0.1) is 0 Å². The number of H-pyrrole nitrogens is 1. The average Bonchev–Trinajstić information content (AvgIpc) is 3.17. The number of amidine groups is 1. The number of nitrogens with one attached hydrogen (secondary N) is 2. The van der Waals surface area contributed by atoms with Gasteiger partial charge in [0, 0.05) is 15.9 Å². The summed E-state index contributed by atoms with van der Waals surface area (Å²) in [5.41, 5.74) is 5.34. The number of amides is 2. The lowest BCUT2D eigenvalue weighted by atomic mass is 10.1. The number of hydrazine groups is 1. The predicted molar refractivity (Wildman–Crippen MR) is 108 cm³/mol. The minimum atomic E-state index is -0.406. The summed E-state index contributed by atoms with van der Waals surface area (Å²) in [6, 6.07) is 14.7. The third-order valence-corrected chi connectivity index (χ3v) is 5.37. The van der Waals surface area contributed by atoms with Crippen LogP contribution >= 0.6 is 23.4 Å². The van der Waals surface area contributed by atoms with Crippen molar-refractivity contribution in [2.75, 3.05) is 5.75 Å². The van der Waals surface area contributed by atoms with Crippen LogP contribution in [0.25, 0.3) is 10.9 Å². The zero-order valence-electron chi connectivity index (χ0n) is 14.3. The molecule has 0 radical (unpaired) electrons. The summed E-state index contributed by atoms with van der Waals surface area (Å²) >= 11 is 7.33. The number of aliphatic imine (C=N–C) groups is 1. The number of rotatable bonds is 3. The minimum absolute atomic E-state index is 0.222. The lowest BCUT2D eigenvalue weighted by Gasteiger charge is -2.16. The van der Waals surface area contributed by atoms with Crippen LogP contribution in [0.5, 0.6) is 0 Å². The maximum absolute atomic E-state index is 12.8. The van der Waals surface area contributed by atoms with Crippen molar-refractivity contribution >= 4 is 56.9 Å². The Labute approximate surface area is 164 Å². The lowest BCUT2D eigenvalue weighted by molar-refractivity contribution is -0.125. The molecule has 0 atom stereocenters. The highest BCUT2D eigenvalue weighted by molar-refractivity contribution is 8.15. The largest absolute Gasteiger partial charge is 0.350 e. The quantitative estimate of drug-likeness (QED) is 0.699. The van der Waals surface area contributed by atoms with Crippen LogP contribution in [0.4, 0.5) is 5.69 Å². The van der Waals surface area contributed by atoms with Crippen molar-refractivity contribution in [2.45, 2.75) is 6.92 Å². The van der Waals surface area contributed by atoms with Gasteiger partial charge in [-0.2, -0.15) is 5.01 Å². The number of aromatic nitrogens is 1. The molecule has 4 rings (SSSR count). The Morgan fingerprint density at radius 2 is 2.04 bits per heavy atom. The van der Waals surface area contributed by atoms with E-state index in [-0.39, 0.29) is 11.7 Å². The number of nitrogens with zero attached hydrogens (tertiary/aromatic N) is 2. The first-order valence-corrected chi connectivity index (χ1v) is 9.57. The van der Waals surface area contributed by atoms with Crippen molar-refractivity contribution in [1.82, 2.24) is 15.4 Å². The highest BCUT2D eigenvalue weighted by Crippen LogP contribution is 2.26. The molecule has 1 aromatic heterocycles. The molecule has 3 aromatic rings. The highest BCUT2D eigenvalue weighted by Gasteiger charge is 2.31. The summed E-state index contributed by atoms with van der Waals surface area (Å²) in [6.07, 6.45) is 0. The summed E-state index contributed by atoms with van der Waals surface area (Å²) in [5.74, 6) is -0.399. The molecule has 2 amide bonds. The molecule has 1 aliphatic heterocycles. The van der Waals surface area contributed by atoms with Gasteiger partial charge >= 0.3 is 0 Å². The summed E-state index contributed by atoms with van der Waals surface area (Å²) in [4.78, 5) is 32.6. The third kappa shape index (κ3) is 3.43. The first-order chi connectivity index (χ1) is 13.0. The number of aromatic amines is 1. The number of hydrogen-bond acceptors (Lipinski definition) is 4. The highest BCUT2D eigenvalue weighted by atomic mass is 35.5. The fraction of sp³-hybridized carbons (Fsp3) is 0.105. The number of halogens is 1. The summed E-state index contributed by atoms with van der Waals surface area (Å²) in [6.45, 7) is 1.84. The second kappa shape index (κ2) is 7.09. The van der Waals surface area contributed by atoms with Gasteiger partial charge in [0.1, 0.15) is 5.69 Å². The molecular formula is C19H15ClN4O2S. The van der Waals surface area contributed by atoms with Crippen molar-refractivity contribution in [3.63, 3.8) is 0 Å². The van der Waals surface area contributed by atoms with Gasteiger partial charge in [-0.25, -0.2) is 4.99 Å². The SMILES string of the molecule is Cc1c(C(=O)NN2C(=O)CSC2=Nc2ccccc2)[nH]c2ccc(Cl)cc12. The van der Waals surface area contributed by atoms with Crippen molar-refractivity contribution in [3.05, 3.63) is 64.8 Å². The second-order valence-electron chi connectivity index (χ2n) is 6.00. The number of fused-ring (bicyclic) bond motifs is 1. The van der Waals surface area contributed by atoms with E-state index in [1.165, 1.54) is 16.8 Å². The molecule has 0 unspecified atom stereocenters. The molecule has 0 bridgehead atoms. The molecule has 136 valence electrons. The molecule has 8 heteroatoms. The van der Waals surface area contributed by atoms with Crippen LogP contribution in [0.1, 0.15) is 16.1 Å². The van der Waals surface area contributed by atoms with Gasteiger partial charge in [-0.1, -0.05) is 41.6 Å². The topological polar surface area (TPSA) is 77.6 Å². The number of aryl methyl sites for hydroxylation is 1. The second-order valence-corrected chi connectivity index (χ2v) is 7.38. The molecule has 1 fully saturated rings. The number of carbonyl (C=O) groups is 2. The van der Waals surface area contributed by atoms with Gasteiger partial charge in [-0.3, -0.25) is 15.0 Å². The zero-order chi connectivity index (χ0) is 19.0. The van der Waals surface area contributed by atoms with E-state index in [1.54, 1.807) is 12.1 Å². The van der Waals surface area contributed by atoms with Crippen molar-refractivity contribution in [1.29, 1.82) is 0 Å². The predicted octanol–water partition coefficient (Wildman–Crippen LogP) is 4.04. The minimum Gasteiger partial charge on any atom is -0.350 e. The van der Waals surface area contributed by atoms with Crippen LogP contribution in [-0.2, 0) is 4.79 Å². The van der Waals surface area contributed by atoms with Crippen molar-refractivity contribution in [2.24, 2.45) is 4.99 Å². The van der Waals surface area contributed by atoms with Crippen LogP contribution < -0.4 is 5.43 Å².